The number of ether oxygens (including phenoxy) is 2. The minimum absolute atomic E-state index is 0.0615. The molecule has 23 heavy (non-hydrogen) atoms. The lowest BCUT2D eigenvalue weighted by Gasteiger charge is -2.25. The number of fused-ring (bicyclic) bond motifs is 1. The minimum Gasteiger partial charge on any atom is -0.454 e. The highest BCUT2D eigenvalue weighted by atomic mass is 16.7. The van der Waals surface area contributed by atoms with E-state index >= 15 is 0 Å². The van der Waals surface area contributed by atoms with Gasteiger partial charge in [-0.3, -0.25) is 4.79 Å². The summed E-state index contributed by atoms with van der Waals surface area (Å²) in [6.45, 7) is 3.10. The van der Waals surface area contributed by atoms with Gasteiger partial charge in [0.15, 0.2) is 11.5 Å². The summed E-state index contributed by atoms with van der Waals surface area (Å²) in [6.07, 6.45) is 2.05. The standard InChI is InChI=1S/C19H19NO3/c1-13-4-6-14(7-5-13)16-3-2-10-20(16)19(21)15-8-9-17-18(11-15)23-12-22-17/h4-9,11,16H,2-3,10,12H2,1H3. The second-order valence-corrected chi connectivity index (χ2v) is 6.14. The Morgan fingerprint density at radius 1 is 1.09 bits per heavy atom. The van der Waals surface area contributed by atoms with Gasteiger partial charge in [0.2, 0.25) is 6.79 Å². The first-order valence-electron chi connectivity index (χ1n) is 7.99. The van der Waals surface area contributed by atoms with Crippen LogP contribution < -0.4 is 9.47 Å². The third-order valence-electron chi connectivity index (χ3n) is 4.60. The maximum atomic E-state index is 12.9. The number of rotatable bonds is 2. The smallest absolute Gasteiger partial charge is 0.254 e. The van der Waals surface area contributed by atoms with Crippen LogP contribution in [0.2, 0.25) is 0 Å². The summed E-state index contributed by atoms with van der Waals surface area (Å²) in [7, 11) is 0. The zero-order chi connectivity index (χ0) is 15.8. The molecule has 0 aliphatic carbocycles. The Balaban J connectivity index is 1.60. The molecule has 0 aromatic heterocycles. The fraction of sp³-hybridized carbons (Fsp3) is 0.316. The molecule has 4 nitrogen and oxygen atoms in total. The SMILES string of the molecule is Cc1ccc(C2CCCN2C(=O)c2ccc3c(c2)OCO3)cc1. The van der Waals surface area contributed by atoms with Crippen LogP contribution in [-0.2, 0) is 0 Å². The van der Waals surface area contributed by atoms with Gasteiger partial charge in [0.05, 0.1) is 6.04 Å². The summed E-state index contributed by atoms with van der Waals surface area (Å²) < 4.78 is 10.7. The molecule has 2 aliphatic rings. The molecule has 0 bridgehead atoms. The average Bonchev–Trinajstić information content (AvgIpc) is 3.23. The first-order chi connectivity index (χ1) is 11.2. The molecule has 1 amide bonds. The summed E-state index contributed by atoms with van der Waals surface area (Å²) in [5.41, 5.74) is 3.11. The summed E-state index contributed by atoms with van der Waals surface area (Å²) in [5, 5.41) is 0. The van der Waals surface area contributed by atoms with Gasteiger partial charge in [-0.15, -0.1) is 0 Å². The van der Waals surface area contributed by atoms with Crippen LogP contribution in [-0.4, -0.2) is 24.1 Å². The van der Waals surface area contributed by atoms with Crippen molar-refractivity contribution in [1.29, 1.82) is 0 Å². The van der Waals surface area contributed by atoms with Crippen molar-refractivity contribution >= 4 is 5.91 Å². The Morgan fingerprint density at radius 2 is 1.87 bits per heavy atom. The molecule has 2 aromatic rings. The van der Waals surface area contributed by atoms with Crippen LogP contribution in [0.15, 0.2) is 42.5 Å². The predicted octanol–water partition coefficient (Wildman–Crippen LogP) is 3.70. The van der Waals surface area contributed by atoms with Crippen molar-refractivity contribution in [3.63, 3.8) is 0 Å². The lowest BCUT2D eigenvalue weighted by atomic mass is 10.0. The van der Waals surface area contributed by atoms with Crippen LogP contribution in [0.5, 0.6) is 11.5 Å². The first-order valence-corrected chi connectivity index (χ1v) is 7.99. The van der Waals surface area contributed by atoms with E-state index in [1.165, 1.54) is 11.1 Å². The number of carbonyl (C=O) groups excluding carboxylic acids is 1. The Kier molecular flexibility index (Phi) is 3.45. The highest BCUT2D eigenvalue weighted by Gasteiger charge is 2.31. The number of hydrogen-bond acceptors (Lipinski definition) is 3. The molecule has 1 fully saturated rings. The molecule has 1 saturated heterocycles. The number of amides is 1. The molecule has 1 unspecified atom stereocenters. The van der Waals surface area contributed by atoms with Crippen molar-refractivity contribution in [3.8, 4) is 11.5 Å². The minimum atomic E-state index is 0.0615. The van der Waals surface area contributed by atoms with Crippen molar-refractivity contribution in [2.24, 2.45) is 0 Å². The highest BCUT2D eigenvalue weighted by molar-refractivity contribution is 5.95. The molecule has 1 atom stereocenters. The van der Waals surface area contributed by atoms with Crippen molar-refractivity contribution < 1.29 is 14.3 Å². The van der Waals surface area contributed by atoms with Crippen molar-refractivity contribution in [3.05, 3.63) is 59.2 Å². The van der Waals surface area contributed by atoms with E-state index in [-0.39, 0.29) is 18.7 Å². The van der Waals surface area contributed by atoms with E-state index in [4.69, 9.17) is 9.47 Å². The van der Waals surface area contributed by atoms with Gasteiger partial charge in [-0.25, -0.2) is 0 Å². The van der Waals surface area contributed by atoms with Crippen LogP contribution >= 0.6 is 0 Å². The Labute approximate surface area is 135 Å². The van der Waals surface area contributed by atoms with Crippen molar-refractivity contribution in [1.82, 2.24) is 4.90 Å². The second kappa shape index (κ2) is 5.61. The van der Waals surface area contributed by atoms with Gasteiger partial charge in [-0.1, -0.05) is 29.8 Å². The molecule has 4 rings (SSSR count). The third-order valence-corrected chi connectivity index (χ3v) is 4.60. The van der Waals surface area contributed by atoms with E-state index < -0.39 is 0 Å². The predicted molar refractivity (Wildman–Crippen MR) is 86.8 cm³/mol. The summed E-state index contributed by atoms with van der Waals surface area (Å²) in [4.78, 5) is 14.9. The lowest BCUT2D eigenvalue weighted by Crippen LogP contribution is -2.30. The lowest BCUT2D eigenvalue weighted by molar-refractivity contribution is 0.0735. The molecule has 4 heteroatoms. The van der Waals surface area contributed by atoms with E-state index in [0.717, 1.165) is 19.4 Å². The molecule has 118 valence electrons. The highest BCUT2D eigenvalue weighted by Crippen LogP contribution is 2.36. The molecule has 0 spiro atoms. The topological polar surface area (TPSA) is 38.8 Å². The number of aryl methyl sites for hydroxylation is 1. The molecule has 2 heterocycles. The van der Waals surface area contributed by atoms with E-state index in [9.17, 15) is 4.79 Å². The molecule has 0 saturated carbocycles. The Bertz CT molecular complexity index is 739. The summed E-state index contributed by atoms with van der Waals surface area (Å²) in [5.74, 6) is 1.42. The largest absolute Gasteiger partial charge is 0.454 e. The molecule has 0 N–H and O–H groups in total. The van der Waals surface area contributed by atoms with Crippen molar-refractivity contribution in [2.75, 3.05) is 13.3 Å². The third kappa shape index (κ3) is 2.54. The van der Waals surface area contributed by atoms with Gasteiger partial charge in [-0.05, 0) is 43.5 Å². The van der Waals surface area contributed by atoms with E-state index in [0.29, 0.717) is 17.1 Å². The summed E-state index contributed by atoms with van der Waals surface area (Å²) >= 11 is 0. The Hall–Kier alpha value is -2.49. The normalized spacial score (nSPS) is 19.2. The summed E-state index contributed by atoms with van der Waals surface area (Å²) in [6, 6.07) is 14.1. The Morgan fingerprint density at radius 3 is 2.70 bits per heavy atom. The van der Waals surface area contributed by atoms with E-state index in [1.54, 1.807) is 6.07 Å². The van der Waals surface area contributed by atoms with Crippen LogP contribution in [0.1, 0.15) is 40.4 Å². The molecular formula is C19H19NO3. The zero-order valence-electron chi connectivity index (χ0n) is 13.1. The van der Waals surface area contributed by atoms with Gasteiger partial charge in [0, 0.05) is 12.1 Å². The number of benzene rings is 2. The number of nitrogens with zero attached hydrogens (tertiary/aromatic N) is 1. The average molecular weight is 309 g/mol. The fourth-order valence-electron chi connectivity index (χ4n) is 3.34. The first kappa shape index (κ1) is 14.1. The second-order valence-electron chi connectivity index (χ2n) is 6.14. The number of hydrogen-bond donors (Lipinski definition) is 0. The van der Waals surface area contributed by atoms with Gasteiger partial charge in [0.1, 0.15) is 0 Å². The molecule has 0 radical (unpaired) electrons. The molecule has 2 aliphatic heterocycles. The maximum absolute atomic E-state index is 12.9. The van der Waals surface area contributed by atoms with Gasteiger partial charge >= 0.3 is 0 Å². The van der Waals surface area contributed by atoms with Crippen LogP contribution in [0.3, 0.4) is 0 Å². The van der Waals surface area contributed by atoms with Gasteiger partial charge in [-0.2, -0.15) is 0 Å². The quantitative estimate of drug-likeness (QED) is 0.849. The molecular weight excluding hydrogens is 290 g/mol. The zero-order valence-corrected chi connectivity index (χ0v) is 13.1. The number of likely N-dealkylation sites (tertiary alicyclic amines) is 1. The number of carbonyl (C=O) groups is 1. The van der Waals surface area contributed by atoms with Gasteiger partial charge < -0.3 is 14.4 Å². The van der Waals surface area contributed by atoms with Gasteiger partial charge in [0.25, 0.3) is 5.91 Å². The van der Waals surface area contributed by atoms with E-state index in [2.05, 4.69) is 31.2 Å². The van der Waals surface area contributed by atoms with Crippen LogP contribution in [0, 0.1) is 6.92 Å². The monoisotopic (exact) mass is 309 g/mol. The van der Waals surface area contributed by atoms with E-state index in [1.807, 2.05) is 17.0 Å². The van der Waals surface area contributed by atoms with Crippen LogP contribution in [0.4, 0.5) is 0 Å². The molecule has 2 aromatic carbocycles. The fourth-order valence-corrected chi connectivity index (χ4v) is 3.34. The van der Waals surface area contributed by atoms with Crippen LogP contribution in [0.25, 0.3) is 0 Å². The van der Waals surface area contributed by atoms with Crippen molar-refractivity contribution in [2.45, 2.75) is 25.8 Å². The maximum Gasteiger partial charge on any atom is 0.254 e.